The van der Waals surface area contributed by atoms with Gasteiger partial charge in [0.1, 0.15) is 0 Å². The number of hydrogen-bond acceptors (Lipinski definition) is 3. The standard InChI is InChI=1S/C48H26N4S/c1-2-13-29-25-30(22-21-27(29)11-1)44-47-45(34-17-7-10-20-40(34)53-47)50-48(49-44)52-37-19-9-6-16-33(37)42-39(52)26-35-32-15-5-8-18-36(32)51-38-24-23-28-12-3-4-14-31(28)41(38)43(42)46(35)51/h1-26H. The Morgan fingerprint density at radius 1 is 0.434 bits per heavy atom. The molecule has 0 unspecified atom stereocenters. The summed E-state index contributed by atoms with van der Waals surface area (Å²) in [5.74, 6) is 0.682. The van der Waals surface area contributed by atoms with Crippen LogP contribution >= 0.6 is 11.3 Å². The predicted molar refractivity (Wildman–Crippen MR) is 224 cm³/mol. The molecule has 8 aromatic carbocycles. The average molecular weight is 691 g/mol. The van der Waals surface area contributed by atoms with E-state index in [-0.39, 0.29) is 0 Å². The monoisotopic (exact) mass is 690 g/mol. The van der Waals surface area contributed by atoms with Gasteiger partial charge in [-0.2, -0.15) is 0 Å². The first kappa shape index (κ1) is 27.8. The normalized spacial score (nSPS) is 12.5. The number of benzene rings is 8. The second kappa shape index (κ2) is 9.94. The van der Waals surface area contributed by atoms with Gasteiger partial charge < -0.3 is 4.40 Å². The van der Waals surface area contributed by atoms with Gasteiger partial charge in [-0.1, -0.05) is 121 Å². The molecule has 0 radical (unpaired) electrons. The zero-order valence-corrected chi connectivity index (χ0v) is 29.0. The Morgan fingerprint density at radius 3 is 2.00 bits per heavy atom. The summed E-state index contributed by atoms with van der Waals surface area (Å²) < 4.78 is 7.14. The number of thiophene rings is 1. The van der Waals surface area contributed by atoms with E-state index >= 15 is 0 Å². The maximum Gasteiger partial charge on any atom is 0.235 e. The smallest absolute Gasteiger partial charge is 0.235 e. The molecule has 5 heteroatoms. The second-order valence-corrected chi connectivity index (χ2v) is 15.2. The van der Waals surface area contributed by atoms with Crippen molar-refractivity contribution in [2.24, 2.45) is 0 Å². The predicted octanol–water partition coefficient (Wildman–Crippen LogP) is 13.1. The summed E-state index contributed by atoms with van der Waals surface area (Å²) in [6.07, 6.45) is 0. The van der Waals surface area contributed by atoms with Crippen molar-refractivity contribution in [3.63, 3.8) is 0 Å². The van der Waals surface area contributed by atoms with Gasteiger partial charge >= 0.3 is 0 Å². The van der Waals surface area contributed by atoms with Crippen LogP contribution in [0.3, 0.4) is 0 Å². The highest BCUT2D eigenvalue weighted by atomic mass is 32.1. The molecule has 13 aromatic rings. The Morgan fingerprint density at radius 2 is 1.11 bits per heavy atom. The molecule has 13 rings (SSSR count). The number of rotatable bonds is 2. The Bertz CT molecular complexity index is 3700. The number of hydrogen-bond donors (Lipinski definition) is 0. The molecule has 0 aliphatic rings. The minimum atomic E-state index is 0.682. The Labute approximate surface area is 305 Å². The molecule has 5 heterocycles. The van der Waals surface area contributed by atoms with Crippen molar-refractivity contribution in [1.29, 1.82) is 0 Å². The lowest BCUT2D eigenvalue weighted by atomic mass is 9.98. The van der Waals surface area contributed by atoms with E-state index in [4.69, 9.17) is 9.97 Å². The molecule has 0 amide bonds. The first-order valence-corrected chi connectivity index (χ1v) is 18.8. The van der Waals surface area contributed by atoms with Crippen LogP contribution in [-0.4, -0.2) is 18.9 Å². The molecule has 0 saturated carbocycles. The summed E-state index contributed by atoms with van der Waals surface area (Å²) in [5.41, 5.74) is 8.97. The number of para-hydroxylation sites is 2. The molecular weight excluding hydrogens is 665 g/mol. The van der Waals surface area contributed by atoms with Crippen molar-refractivity contribution >= 4 is 113 Å². The van der Waals surface area contributed by atoms with E-state index in [1.807, 2.05) is 0 Å². The summed E-state index contributed by atoms with van der Waals surface area (Å²) in [6, 6.07) is 57.3. The van der Waals surface area contributed by atoms with Crippen LogP contribution < -0.4 is 0 Å². The number of nitrogens with zero attached hydrogens (tertiary/aromatic N) is 4. The lowest BCUT2D eigenvalue weighted by molar-refractivity contribution is 1.02. The summed E-state index contributed by atoms with van der Waals surface area (Å²) in [7, 11) is 0. The van der Waals surface area contributed by atoms with Crippen LogP contribution in [0.1, 0.15) is 0 Å². The van der Waals surface area contributed by atoms with Crippen LogP contribution in [-0.2, 0) is 0 Å². The lowest BCUT2D eigenvalue weighted by Crippen LogP contribution is -2.02. The molecule has 0 saturated heterocycles. The van der Waals surface area contributed by atoms with Gasteiger partial charge in [0.05, 0.1) is 43.5 Å². The maximum atomic E-state index is 5.57. The third kappa shape index (κ3) is 3.54. The topological polar surface area (TPSA) is 35.1 Å². The molecule has 4 nitrogen and oxygen atoms in total. The number of aromatic nitrogens is 4. The zero-order valence-electron chi connectivity index (χ0n) is 28.2. The molecule has 5 aromatic heterocycles. The quantitative estimate of drug-likeness (QED) is 0.181. The van der Waals surface area contributed by atoms with Gasteiger partial charge in [-0.05, 0) is 57.9 Å². The van der Waals surface area contributed by atoms with E-state index in [2.05, 4.69) is 167 Å². The Kier molecular flexibility index (Phi) is 5.22. The number of fused-ring (bicyclic) bond motifs is 16. The third-order valence-electron chi connectivity index (χ3n) is 11.4. The van der Waals surface area contributed by atoms with Gasteiger partial charge in [0, 0.05) is 48.0 Å². The first-order valence-electron chi connectivity index (χ1n) is 18.0. The molecule has 244 valence electrons. The highest BCUT2D eigenvalue weighted by Gasteiger charge is 2.26. The van der Waals surface area contributed by atoms with Gasteiger partial charge in [0.2, 0.25) is 5.95 Å². The van der Waals surface area contributed by atoms with Crippen LogP contribution in [0, 0.1) is 0 Å². The highest BCUT2D eigenvalue weighted by molar-refractivity contribution is 7.26. The fourth-order valence-corrected chi connectivity index (χ4v) is 10.4. The fraction of sp³-hybridized carbons (Fsp3) is 0. The molecule has 0 atom stereocenters. The van der Waals surface area contributed by atoms with Gasteiger partial charge in [-0.25, -0.2) is 9.97 Å². The minimum Gasteiger partial charge on any atom is -0.308 e. The second-order valence-electron chi connectivity index (χ2n) is 14.1. The molecule has 0 bridgehead atoms. The van der Waals surface area contributed by atoms with Crippen molar-refractivity contribution in [2.75, 3.05) is 0 Å². The summed E-state index contributed by atoms with van der Waals surface area (Å²) in [5, 5.41) is 13.6. The van der Waals surface area contributed by atoms with Gasteiger partial charge in [0.15, 0.2) is 0 Å². The van der Waals surface area contributed by atoms with Gasteiger partial charge in [0.25, 0.3) is 0 Å². The fourth-order valence-electron chi connectivity index (χ4n) is 9.20. The van der Waals surface area contributed by atoms with Crippen LogP contribution in [0.5, 0.6) is 0 Å². The molecule has 0 aliphatic heterocycles. The van der Waals surface area contributed by atoms with Crippen molar-refractivity contribution < 1.29 is 0 Å². The van der Waals surface area contributed by atoms with Gasteiger partial charge in [-0.3, -0.25) is 4.57 Å². The van der Waals surface area contributed by atoms with E-state index < -0.39 is 0 Å². The van der Waals surface area contributed by atoms with E-state index in [9.17, 15) is 0 Å². The molecule has 0 fully saturated rings. The van der Waals surface area contributed by atoms with Crippen LogP contribution in [0.4, 0.5) is 0 Å². The van der Waals surface area contributed by atoms with Crippen LogP contribution in [0.2, 0.25) is 0 Å². The molecule has 0 aliphatic carbocycles. The zero-order chi connectivity index (χ0) is 34.4. The van der Waals surface area contributed by atoms with E-state index in [1.54, 1.807) is 11.3 Å². The van der Waals surface area contributed by atoms with Crippen molar-refractivity contribution in [3.05, 3.63) is 158 Å². The molecule has 53 heavy (non-hydrogen) atoms. The Balaban J connectivity index is 1.25. The highest BCUT2D eigenvalue weighted by Crippen LogP contribution is 2.48. The maximum absolute atomic E-state index is 5.57. The van der Waals surface area contributed by atoms with Crippen LogP contribution in [0.25, 0.3) is 119 Å². The SMILES string of the molecule is c1ccc2cc(-c3nc(-n4c5ccccc5c5c6c7c8ccccc8ccc7n7c8ccccc8c(cc54)c67)nc4c3sc3ccccc34)ccc2c1. The van der Waals surface area contributed by atoms with Crippen molar-refractivity contribution in [3.8, 4) is 17.2 Å². The molecular formula is C48H26N4S. The van der Waals surface area contributed by atoms with Crippen LogP contribution in [0.15, 0.2) is 158 Å². The molecule has 0 N–H and O–H groups in total. The lowest BCUT2D eigenvalue weighted by Gasteiger charge is -2.11. The average Bonchev–Trinajstić information content (AvgIpc) is 3.95. The van der Waals surface area contributed by atoms with Crippen molar-refractivity contribution in [1.82, 2.24) is 18.9 Å². The van der Waals surface area contributed by atoms with Gasteiger partial charge in [-0.15, -0.1) is 11.3 Å². The van der Waals surface area contributed by atoms with E-state index in [1.165, 1.54) is 75.1 Å². The summed E-state index contributed by atoms with van der Waals surface area (Å²) >= 11 is 1.78. The Hall–Kier alpha value is -6.82. The van der Waals surface area contributed by atoms with E-state index in [0.29, 0.717) is 5.95 Å². The largest absolute Gasteiger partial charge is 0.308 e. The van der Waals surface area contributed by atoms with E-state index in [0.717, 1.165) is 37.9 Å². The minimum absolute atomic E-state index is 0.682. The summed E-state index contributed by atoms with van der Waals surface area (Å²) in [4.78, 5) is 11.1. The first-order chi connectivity index (χ1) is 26.3. The summed E-state index contributed by atoms with van der Waals surface area (Å²) in [6.45, 7) is 0. The van der Waals surface area contributed by atoms with Crippen molar-refractivity contribution in [2.45, 2.75) is 0 Å². The third-order valence-corrected chi connectivity index (χ3v) is 12.6. The molecule has 0 spiro atoms.